The van der Waals surface area contributed by atoms with Gasteiger partial charge in [0.2, 0.25) is 0 Å². The normalized spacial score (nSPS) is 11.3. The Kier molecular flexibility index (Phi) is 7.11. The van der Waals surface area contributed by atoms with Gasteiger partial charge in [-0.2, -0.15) is 0 Å². The van der Waals surface area contributed by atoms with Crippen LogP contribution in [0.4, 0.5) is 0 Å². The second kappa shape index (κ2) is 9.32. The Hall–Kier alpha value is -2.94. The van der Waals surface area contributed by atoms with Crippen LogP contribution in [0.5, 0.6) is 28.9 Å². The maximum Gasteiger partial charge on any atom is 0.256 e. The van der Waals surface area contributed by atoms with E-state index in [2.05, 4.69) is 4.98 Å². The maximum atomic E-state index is 12.6. The lowest BCUT2D eigenvalue weighted by atomic mass is 10.1. The summed E-state index contributed by atoms with van der Waals surface area (Å²) in [6.45, 7) is 0. The van der Waals surface area contributed by atoms with Gasteiger partial charge >= 0.3 is 0 Å². The number of aromatic nitrogens is 1. The summed E-state index contributed by atoms with van der Waals surface area (Å²) in [6.07, 6.45) is 2.86. The van der Waals surface area contributed by atoms with E-state index in [0.29, 0.717) is 34.1 Å². The second-order valence-electron chi connectivity index (χ2n) is 5.61. The minimum Gasteiger partial charge on any atom is -0.496 e. The van der Waals surface area contributed by atoms with Crippen LogP contribution in [0.3, 0.4) is 0 Å². The van der Waals surface area contributed by atoms with E-state index in [1.807, 2.05) is 0 Å². The van der Waals surface area contributed by atoms with Gasteiger partial charge in [0.15, 0.2) is 15.6 Å². The molecule has 0 spiro atoms. The number of pyridine rings is 1. The van der Waals surface area contributed by atoms with Crippen LogP contribution in [-0.2, 0) is 15.6 Å². The molecule has 0 radical (unpaired) electrons. The molecule has 8 nitrogen and oxygen atoms in total. The SMILES string of the molecule is COc1cc(OC)c(/C=C/S(=O)(=O)Cc2cnc(OC)c(OC)c2)c(OC)c1. The summed E-state index contributed by atoms with van der Waals surface area (Å²) in [6, 6.07) is 4.87. The number of sulfone groups is 1. The molecule has 0 bridgehead atoms. The molecule has 0 fully saturated rings. The van der Waals surface area contributed by atoms with Crippen LogP contribution in [0.2, 0.25) is 0 Å². The highest BCUT2D eigenvalue weighted by Gasteiger charge is 2.15. The van der Waals surface area contributed by atoms with Crippen LogP contribution >= 0.6 is 0 Å². The lowest BCUT2D eigenvalue weighted by Crippen LogP contribution is -2.02. The highest BCUT2D eigenvalue weighted by Crippen LogP contribution is 2.35. The fourth-order valence-electron chi connectivity index (χ4n) is 2.50. The van der Waals surface area contributed by atoms with Crippen LogP contribution in [-0.4, -0.2) is 49.0 Å². The third-order valence-corrected chi connectivity index (χ3v) is 5.14. The monoisotopic (exact) mass is 409 g/mol. The fourth-order valence-corrected chi connectivity index (χ4v) is 3.56. The lowest BCUT2D eigenvalue weighted by Gasteiger charge is -2.12. The maximum absolute atomic E-state index is 12.6. The molecule has 1 aromatic carbocycles. The topological polar surface area (TPSA) is 93.2 Å². The largest absolute Gasteiger partial charge is 0.496 e. The molecular formula is C19H23NO7S. The van der Waals surface area contributed by atoms with Crippen LogP contribution < -0.4 is 23.7 Å². The van der Waals surface area contributed by atoms with E-state index in [9.17, 15) is 8.42 Å². The van der Waals surface area contributed by atoms with Crippen molar-refractivity contribution in [3.63, 3.8) is 0 Å². The summed E-state index contributed by atoms with van der Waals surface area (Å²) in [5.41, 5.74) is 0.954. The van der Waals surface area contributed by atoms with Gasteiger partial charge in [-0.1, -0.05) is 0 Å². The second-order valence-corrected chi connectivity index (χ2v) is 7.50. The Morgan fingerprint density at radius 3 is 1.96 bits per heavy atom. The number of ether oxygens (including phenoxy) is 5. The van der Waals surface area contributed by atoms with E-state index in [4.69, 9.17) is 23.7 Å². The van der Waals surface area contributed by atoms with Crippen molar-refractivity contribution in [1.29, 1.82) is 0 Å². The molecule has 1 aromatic heterocycles. The quantitative estimate of drug-likeness (QED) is 0.624. The first-order valence-corrected chi connectivity index (χ1v) is 9.86. The molecule has 0 saturated carbocycles. The zero-order valence-electron chi connectivity index (χ0n) is 16.4. The van der Waals surface area contributed by atoms with Gasteiger partial charge in [0.1, 0.15) is 17.2 Å². The first-order chi connectivity index (χ1) is 13.4. The Morgan fingerprint density at radius 2 is 1.46 bits per heavy atom. The molecule has 0 aliphatic carbocycles. The highest BCUT2D eigenvalue weighted by molar-refractivity contribution is 7.93. The Bertz CT molecular complexity index is 930. The molecule has 0 aliphatic heterocycles. The van der Waals surface area contributed by atoms with Crippen molar-refractivity contribution in [3.05, 3.63) is 40.9 Å². The molecule has 0 unspecified atom stereocenters. The van der Waals surface area contributed by atoms with Crippen LogP contribution in [0.1, 0.15) is 11.1 Å². The van der Waals surface area contributed by atoms with Gasteiger partial charge in [-0.25, -0.2) is 13.4 Å². The van der Waals surface area contributed by atoms with Gasteiger partial charge in [-0.15, -0.1) is 0 Å². The molecule has 2 rings (SSSR count). The Labute approximate surface area is 164 Å². The molecular weight excluding hydrogens is 386 g/mol. The molecule has 0 N–H and O–H groups in total. The number of nitrogens with zero attached hydrogens (tertiary/aromatic N) is 1. The van der Waals surface area contributed by atoms with Gasteiger partial charge < -0.3 is 23.7 Å². The minimum atomic E-state index is -3.60. The molecule has 0 saturated heterocycles. The molecule has 1 heterocycles. The summed E-state index contributed by atoms with van der Waals surface area (Å²) in [7, 11) is 3.80. The van der Waals surface area contributed by atoms with Gasteiger partial charge in [0, 0.05) is 23.7 Å². The predicted octanol–water partition coefficient (Wildman–Crippen LogP) is 2.71. The number of benzene rings is 1. The molecule has 2 aromatic rings. The summed E-state index contributed by atoms with van der Waals surface area (Å²) >= 11 is 0. The van der Waals surface area contributed by atoms with Crippen molar-refractivity contribution in [2.45, 2.75) is 5.75 Å². The first kappa shape index (κ1) is 21.4. The molecule has 0 aliphatic rings. The molecule has 0 atom stereocenters. The van der Waals surface area contributed by atoms with Crippen LogP contribution in [0.15, 0.2) is 29.8 Å². The number of hydrogen-bond acceptors (Lipinski definition) is 8. The van der Waals surface area contributed by atoms with Crippen molar-refractivity contribution in [3.8, 4) is 28.9 Å². The van der Waals surface area contributed by atoms with E-state index in [0.717, 1.165) is 5.41 Å². The molecule has 9 heteroatoms. The van der Waals surface area contributed by atoms with E-state index in [1.165, 1.54) is 47.8 Å². The van der Waals surface area contributed by atoms with Crippen LogP contribution in [0.25, 0.3) is 6.08 Å². The third-order valence-electron chi connectivity index (χ3n) is 3.85. The van der Waals surface area contributed by atoms with E-state index in [-0.39, 0.29) is 11.6 Å². The zero-order chi connectivity index (χ0) is 20.7. The summed E-state index contributed by atoms with van der Waals surface area (Å²) < 4.78 is 51.2. The van der Waals surface area contributed by atoms with Gasteiger partial charge in [0.25, 0.3) is 5.88 Å². The van der Waals surface area contributed by atoms with Crippen molar-refractivity contribution >= 4 is 15.9 Å². The number of rotatable bonds is 9. The molecule has 28 heavy (non-hydrogen) atoms. The van der Waals surface area contributed by atoms with Crippen molar-refractivity contribution in [2.24, 2.45) is 0 Å². The molecule has 0 amide bonds. The van der Waals surface area contributed by atoms with Crippen molar-refractivity contribution < 1.29 is 32.1 Å². The van der Waals surface area contributed by atoms with E-state index in [1.54, 1.807) is 18.2 Å². The zero-order valence-corrected chi connectivity index (χ0v) is 17.2. The van der Waals surface area contributed by atoms with E-state index >= 15 is 0 Å². The third kappa shape index (κ3) is 5.07. The summed E-state index contributed by atoms with van der Waals surface area (Å²) in [5, 5.41) is 1.11. The van der Waals surface area contributed by atoms with Crippen molar-refractivity contribution in [1.82, 2.24) is 4.98 Å². The highest BCUT2D eigenvalue weighted by atomic mass is 32.2. The van der Waals surface area contributed by atoms with Crippen molar-refractivity contribution in [2.75, 3.05) is 35.5 Å². The van der Waals surface area contributed by atoms with E-state index < -0.39 is 9.84 Å². The van der Waals surface area contributed by atoms with Gasteiger partial charge in [0.05, 0.1) is 46.9 Å². The van der Waals surface area contributed by atoms with Gasteiger partial charge in [-0.3, -0.25) is 0 Å². The number of methoxy groups -OCH3 is 5. The molecule has 152 valence electrons. The predicted molar refractivity (Wildman–Crippen MR) is 105 cm³/mol. The smallest absolute Gasteiger partial charge is 0.256 e. The summed E-state index contributed by atoms with van der Waals surface area (Å²) in [5.74, 6) is 1.78. The average molecular weight is 409 g/mol. The average Bonchev–Trinajstić information content (AvgIpc) is 2.71. The van der Waals surface area contributed by atoms with Gasteiger partial charge in [-0.05, 0) is 17.7 Å². The number of hydrogen-bond donors (Lipinski definition) is 0. The summed E-state index contributed by atoms with van der Waals surface area (Å²) in [4.78, 5) is 4.05. The minimum absolute atomic E-state index is 0.252. The van der Waals surface area contributed by atoms with Crippen LogP contribution in [0, 0.1) is 0 Å². The lowest BCUT2D eigenvalue weighted by molar-refractivity contribution is 0.342. The Balaban J connectivity index is 2.33. The standard InChI is InChI=1S/C19H23NO7S/c1-23-14-9-16(24-2)15(17(10-14)25-3)6-7-28(21,22)12-13-8-18(26-4)19(27-5)20-11-13/h6-11H,12H2,1-5H3/b7-6+. The first-order valence-electron chi connectivity index (χ1n) is 8.15. The fraction of sp³-hybridized carbons (Fsp3) is 0.316. The Morgan fingerprint density at radius 1 is 0.857 bits per heavy atom.